The standard InChI is InChI=1S/C22H24N4O/c1-14-6-5-7-18(10-14)11-23-22-24-12-19(13-25-22)21(27)26-20-16(3)8-15(2)9-17(20)4/h5-10,12-13H,11H2,1-4H3,(H,26,27)(H,23,24,25). The van der Waals surface area contributed by atoms with Crippen LogP contribution in [-0.4, -0.2) is 15.9 Å². The summed E-state index contributed by atoms with van der Waals surface area (Å²) in [5, 5.41) is 6.14. The zero-order valence-corrected chi connectivity index (χ0v) is 16.1. The fraction of sp³-hybridized carbons (Fsp3) is 0.227. The van der Waals surface area contributed by atoms with E-state index in [1.165, 1.54) is 11.1 Å². The fourth-order valence-electron chi connectivity index (χ4n) is 3.10. The van der Waals surface area contributed by atoms with Gasteiger partial charge < -0.3 is 10.6 Å². The summed E-state index contributed by atoms with van der Waals surface area (Å²) in [4.78, 5) is 21.0. The molecule has 1 amide bonds. The summed E-state index contributed by atoms with van der Waals surface area (Å²) in [5.41, 5.74) is 6.89. The second kappa shape index (κ2) is 7.99. The minimum atomic E-state index is -0.213. The predicted molar refractivity (Wildman–Crippen MR) is 109 cm³/mol. The monoisotopic (exact) mass is 360 g/mol. The number of hydrogen-bond acceptors (Lipinski definition) is 4. The Morgan fingerprint density at radius 3 is 2.22 bits per heavy atom. The Hall–Kier alpha value is -3.21. The maximum Gasteiger partial charge on any atom is 0.258 e. The molecule has 0 aliphatic heterocycles. The summed E-state index contributed by atoms with van der Waals surface area (Å²) in [6, 6.07) is 12.4. The zero-order chi connectivity index (χ0) is 19.4. The van der Waals surface area contributed by atoms with Gasteiger partial charge in [0.25, 0.3) is 5.91 Å². The highest BCUT2D eigenvalue weighted by molar-refractivity contribution is 6.04. The number of rotatable bonds is 5. The lowest BCUT2D eigenvalue weighted by molar-refractivity contribution is 0.102. The van der Waals surface area contributed by atoms with Crippen molar-refractivity contribution in [2.75, 3.05) is 10.6 Å². The summed E-state index contributed by atoms with van der Waals surface area (Å²) < 4.78 is 0. The molecule has 0 saturated carbocycles. The Balaban J connectivity index is 1.65. The number of anilines is 2. The van der Waals surface area contributed by atoms with Gasteiger partial charge >= 0.3 is 0 Å². The van der Waals surface area contributed by atoms with E-state index in [4.69, 9.17) is 0 Å². The first-order chi connectivity index (χ1) is 12.9. The molecule has 138 valence electrons. The first kappa shape index (κ1) is 18.6. The molecule has 3 aromatic rings. The van der Waals surface area contributed by atoms with Crippen LogP contribution in [0.5, 0.6) is 0 Å². The van der Waals surface area contributed by atoms with Crippen LogP contribution in [0.25, 0.3) is 0 Å². The van der Waals surface area contributed by atoms with Crippen LogP contribution in [0.2, 0.25) is 0 Å². The Labute approximate surface area is 159 Å². The molecule has 1 heterocycles. The summed E-state index contributed by atoms with van der Waals surface area (Å²) >= 11 is 0. The molecule has 0 unspecified atom stereocenters. The van der Waals surface area contributed by atoms with E-state index in [-0.39, 0.29) is 5.91 Å². The summed E-state index contributed by atoms with van der Waals surface area (Å²) in [7, 11) is 0. The first-order valence-electron chi connectivity index (χ1n) is 8.93. The van der Waals surface area contributed by atoms with Crippen LogP contribution >= 0.6 is 0 Å². The average Bonchev–Trinajstić information content (AvgIpc) is 2.63. The van der Waals surface area contributed by atoms with Crippen molar-refractivity contribution >= 4 is 17.5 Å². The molecule has 0 spiro atoms. The number of aromatic nitrogens is 2. The third-order valence-corrected chi connectivity index (χ3v) is 4.36. The van der Waals surface area contributed by atoms with Gasteiger partial charge in [-0.05, 0) is 44.4 Å². The average molecular weight is 360 g/mol. The van der Waals surface area contributed by atoms with Gasteiger partial charge in [0.15, 0.2) is 0 Å². The van der Waals surface area contributed by atoms with Gasteiger partial charge in [-0.25, -0.2) is 9.97 Å². The molecule has 2 aromatic carbocycles. The SMILES string of the molecule is Cc1cccc(CNc2ncc(C(=O)Nc3c(C)cc(C)cc3C)cn2)c1. The molecular weight excluding hydrogens is 336 g/mol. The van der Waals surface area contributed by atoms with Gasteiger partial charge in [-0.2, -0.15) is 0 Å². The van der Waals surface area contributed by atoms with Gasteiger partial charge in [-0.15, -0.1) is 0 Å². The Morgan fingerprint density at radius 2 is 1.59 bits per heavy atom. The molecule has 5 nitrogen and oxygen atoms in total. The minimum Gasteiger partial charge on any atom is -0.350 e. The number of carbonyl (C=O) groups excluding carboxylic acids is 1. The van der Waals surface area contributed by atoms with E-state index in [0.29, 0.717) is 18.1 Å². The molecule has 0 fully saturated rings. The van der Waals surface area contributed by atoms with E-state index in [2.05, 4.69) is 51.8 Å². The van der Waals surface area contributed by atoms with Crippen LogP contribution in [0.4, 0.5) is 11.6 Å². The number of amides is 1. The highest BCUT2D eigenvalue weighted by Gasteiger charge is 2.11. The van der Waals surface area contributed by atoms with Crippen molar-refractivity contribution in [1.82, 2.24) is 9.97 Å². The van der Waals surface area contributed by atoms with Gasteiger partial charge in [0, 0.05) is 24.6 Å². The first-order valence-corrected chi connectivity index (χ1v) is 8.93. The molecule has 2 N–H and O–H groups in total. The highest BCUT2D eigenvalue weighted by atomic mass is 16.1. The van der Waals surface area contributed by atoms with Crippen LogP contribution in [0.15, 0.2) is 48.8 Å². The summed E-state index contributed by atoms with van der Waals surface area (Å²) in [6.07, 6.45) is 3.08. The molecule has 0 aliphatic carbocycles. The second-order valence-electron chi connectivity index (χ2n) is 6.87. The smallest absolute Gasteiger partial charge is 0.258 e. The number of aryl methyl sites for hydroxylation is 4. The Bertz CT molecular complexity index is 941. The summed E-state index contributed by atoms with van der Waals surface area (Å²) in [5.74, 6) is 0.283. The topological polar surface area (TPSA) is 66.9 Å². The number of nitrogens with one attached hydrogen (secondary N) is 2. The number of hydrogen-bond donors (Lipinski definition) is 2. The van der Waals surface area contributed by atoms with Crippen molar-refractivity contribution in [2.24, 2.45) is 0 Å². The summed E-state index contributed by atoms with van der Waals surface area (Å²) in [6.45, 7) is 8.72. The van der Waals surface area contributed by atoms with Crippen molar-refractivity contribution < 1.29 is 4.79 Å². The normalized spacial score (nSPS) is 10.5. The zero-order valence-electron chi connectivity index (χ0n) is 16.1. The maximum absolute atomic E-state index is 12.5. The van der Waals surface area contributed by atoms with E-state index >= 15 is 0 Å². The van der Waals surface area contributed by atoms with Gasteiger partial charge in [0.1, 0.15) is 0 Å². The molecule has 0 saturated heterocycles. The Morgan fingerprint density at radius 1 is 0.926 bits per heavy atom. The lowest BCUT2D eigenvalue weighted by atomic mass is 10.0. The van der Waals surface area contributed by atoms with Crippen LogP contribution in [0, 0.1) is 27.7 Å². The minimum absolute atomic E-state index is 0.213. The molecule has 0 aliphatic rings. The van der Waals surface area contributed by atoms with Gasteiger partial charge in [-0.1, -0.05) is 47.5 Å². The molecule has 0 atom stereocenters. The lowest BCUT2D eigenvalue weighted by Crippen LogP contribution is -2.15. The van der Waals surface area contributed by atoms with Crippen molar-refractivity contribution in [3.63, 3.8) is 0 Å². The third kappa shape index (κ3) is 4.70. The quantitative estimate of drug-likeness (QED) is 0.699. The fourth-order valence-corrected chi connectivity index (χ4v) is 3.10. The number of benzene rings is 2. The van der Waals surface area contributed by atoms with Crippen molar-refractivity contribution in [3.05, 3.63) is 82.2 Å². The highest BCUT2D eigenvalue weighted by Crippen LogP contribution is 2.22. The van der Waals surface area contributed by atoms with E-state index in [1.807, 2.05) is 32.9 Å². The van der Waals surface area contributed by atoms with Crippen LogP contribution in [0.3, 0.4) is 0 Å². The van der Waals surface area contributed by atoms with Crippen molar-refractivity contribution in [2.45, 2.75) is 34.2 Å². The van der Waals surface area contributed by atoms with Gasteiger partial charge in [0.05, 0.1) is 5.56 Å². The van der Waals surface area contributed by atoms with E-state index in [0.717, 1.165) is 22.4 Å². The van der Waals surface area contributed by atoms with Crippen molar-refractivity contribution in [1.29, 1.82) is 0 Å². The third-order valence-electron chi connectivity index (χ3n) is 4.36. The Kier molecular flexibility index (Phi) is 5.50. The second-order valence-corrected chi connectivity index (χ2v) is 6.87. The van der Waals surface area contributed by atoms with Crippen LogP contribution in [0.1, 0.15) is 38.2 Å². The van der Waals surface area contributed by atoms with Gasteiger partial charge in [0.2, 0.25) is 5.95 Å². The van der Waals surface area contributed by atoms with E-state index < -0.39 is 0 Å². The molecule has 5 heteroatoms. The molecule has 0 bridgehead atoms. The largest absolute Gasteiger partial charge is 0.350 e. The van der Waals surface area contributed by atoms with Crippen LogP contribution in [-0.2, 0) is 6.54 Å². The molecule has 27 heavy (non-hydrogen) atoms. The molecule has 1 aromatic heterocycles. The van der Waals surface area contributed by atoms with Crippen LogP contribution < -0.4 is 10.6 Å². The number of carbonyl (C=O) groups is 1. The predicted octanol–water partition coefficient (Wildman–Crippen LogP) is 4.57. The maximum atomic E-state index is 12.5. The van der Waals surface area contributed by atoms with E-state index in [1.54, 1.807) is 12.4 Å². The van der Waals surface area contributed by atoms with Crippen molar-refractivity contribution in [3.8, 4) is 0 Å². The molecule has 0 radical (unpaired) electrons. The lowest BCUT2D eigenvalue weighted by Gasteiger charge is -2.13. The number of nitrogens with zero attached hydrogens (tertiary/aromatic N) is 2. The van der Waals surface area contributed by atoms with E-state index in [9.17, 15) is 4.79 Å². The molecular formula is C22H24N4O. The molecule has 3 rings (SSSR count). The van der Waals surface area contributed by atoms with Gasteiger partial charge in [-0.3, -0.25) is 4.79 Å².